The summed E-state index contributed by atoms with van der Waals surface area (Å²) < 4.78 is 4.45. The van der Waals surface area contributed by atoms with Gasteiger partial charge in [-0.15, -0.1) is 0 Å². The summed E-state index contributed by atoms with van der Waals surface area (Å²) in [7, 11) is 3.13. The minimum absolute atomic E-state index is 0.344. The third-order valence-electron chi connectivity index (χ3n) is 4.96. The molecule has 0 saturated carbocycles. The molecular formula is C18H21ClN6O2. The normalized spacial score (nSPS) is 14.9. The molecule has 142 valence electrons. The Morgan fingerprint density at radius 2 is 1.89 bits per heavy atom. The Balaban J connectivity index is 1.97. The fourth-order valence-corrected chi connectivity index (χ4v) is 3.72. The minimum Gasteiger partial charge on any atom is -0.340 e. The van der Waals surface area contributed by atoms with Crippen molar-refractivity contribution in [1.29, 1.82) is 0 Å². The van der Waals surface area contributed by atoms with Crippen LogP contribution < -0.4 is 21.5 Å². The molecule has 1 N–H and O–H groups in total. The molecule has 3 heterocycles. The lowest BCUT2D eigenvalue weighted by Crippen LogP contribution is -2.44. The average molecular weight is 389 g/mol. The fraction of sp³-hybridized carbons (Fsp3) is 0.389. The largest absolute Gasteiger partial charge is 0.340 e. The van der Waals surface area contributed by atoms with E-state index >= 15 is 0 Å². The first-order valence-corrected chi connectivity index (χ1v) is 9.21. The molecule has 2 aromatic heterocycles. The van der Waals surface area contributed by atoms with Crippen LogP contribution >= 0.6 is 11.6 Å². The molecule has 0 bridgehead atoms. The van der Waals surface area contributed by atoms with Crippen molar-refractivity contribution in [3.8, 4) is 0 Å². The Morgan fingerprint density at radius 3 is 2.59 bits per heavy atom. The number of fused-ring (bicyclic) bond motifs is 1. The van der Waals surface area contributed by atoms with Crippen molar-refractivity contribution >= 4 is 28.7 Å². The number of aromatic nitrogens is 4. The summed E-state index contributed by atoms with van der Waals surface area (Å²) in [5, 5.41) is 3.96. The molecular weight excluding hydrogens is 368 g/mol. The van der Waals surface area contributed by atoms with E-state index in [4.69, 9.17) is 16.6 Å². The number of rotatable bonds is 3. The van der Waals surface area contributed by atoms with Crippen molar-refractivity contribution in [2.75, 3.05) is 31.1 Å². The maximum absolute atomic E-state index is 12.9. The van der Waals surface area contributed by atoms with Crippen molar-refractivity contribution in [2.45, 2.75) is 6.54 Å². The van der Waals surface area contributed by atoms with Crippen molar-refractivity contribution in [3.05, 3.63) is 55.7 Å². The fourth-order valence-electron chi connectivity index (χ4n) is 3.51. The van der Waals surface area contributed by atoms with E-state index in [0.29, 0.717) is 28.7 Å². The van der Waals surface area contributed by atoms with Crippen LogP contribution in [0.15, 0.2) is 33.9 Å². The van der Waals surface area contributed by atoms with Gasteiger partial charge in [-0.25, -0.2) is 4.79 Å². The molecule has 1 fully saturated rings. The Hall–Kier alpha value is -2.58. The van der Waals surface area contributed by atoms with E-state index in [1.165, 1.54) is 11.6 Å². The summed E-state index contributed by atoms with van der Waals surface area (Å²) in [6, 6.07) is 7.54. The quantitative estimate of drug-likeness (QED) is 0.709. The summed E-state index contributed by atoms with van der Waals surface area (Å²) in [5.41, 5.74) is 1.07. The highest BCUT2D eigenvalue weighted by molar-refractivity contribution is 6.30. The summed E-state index contributed by atoms with van der Waals surface area (Å²) in [6.07, 6.45) is 0. The molecule has 0 amide bonds. The van der Waals surface area contributed by atoms with Crippen LogP contribution in [0, 0.1) is 0 Å². The van der Waals surface area contributed by atoms with Gasteiger partial charge in [-0.1, -0.05) is 23.7 Å². The van der Waals surface area contributed by atoms with Gasteiger partial charge in [0.1, 0.15) is 0 Å². The SMILES string of the molecule is Cn1c(=O)c2c(nc(N3CCNCC3)n2Cc2cccc(Cl)c2)n(C)c1=O. The van der Waals surface area contributed by atoms with E-state index in [9.17, 15) is 9.59 Å². The standard InChI is InChI=1S/C18H21ClN6O2/c1-22-15-14(16(26)23(2)18(22)27)25(11-12-4-3-5-13(19)10-12)17(21-15)24-8-6-20-7-9-24/h3-5,10,20H,6-9,11H2,1-2H3. The third-order valence-corrected chi connectivity index (χ3v) is 5.19. The molecule has 9 heteroatoms. The number of anilines is 1. The molecule has 8 nitrogen and oxygen atoms in total. The lowest BCUT2D eigenvalue weighted by atomic mass is 10.2. The second kappa shape index (κ2) is 6.86. The molecule has 27 heavy (non-hydrogen) atoms. The van der Waals surface area contributed by atoms with Crippen LogP contribution in [-0.4, -0.2) is 44.9 Å². The molecule has 1 aliphatic heterocycles. The number of nitrogens with zero attached hydrogens (tertiary/aromatic N) is 5. The highest BCUT2D eigenvalue weighted by Gasteiger charge is 2.23. The number of aryl methyl sites for hydroxylation is 1. The second-order valence-electron chi connectivity index (χ2n) is 6.74. The van der Waals surface area contributed by atoms with Gasteiger partial charge in [0.05, 0.1) is 6.54 Å². The van der Waals surface area contributed by atoms with Crippen LogP contribution in [-0.2, 0) is 20.6 Å². The number of hydrogen-bond donors (Lipinski definition) is 1. The van der Waals surface area contributed by atoms with E-state index in [0.717, 1.165) is 36.3 Å². The summed E-state index contributed by atoms with van der Waals surface area (Å²) in [5.74, 6) is 0.699. The Kier molecular flexibility index (Phi) is 4.53. The molecule has 1 aromatic carbocycles. The topological polar surface area (TPSA) is 77.1 Å². The van der Waals surface area contributed by atoms with E-state index in [-0.39, 0.29) is 11.2 Å². The Labute approximate surface area is 160 Å². The van der Waals surface area contributed by atoms with E-state index in [2.05, 4.69) is 10.2 Å². The first kappa shape index (κ1) is 17.8. The zero-order valence-corrected chi connectivity index (χ0v) is 16.0. The predicted molar refractivity (Wildman–Crippen MR) is 106 cm³/mol. The van der Waals surface area contributed by atoms with Gasteiger partial charge >= 0.3 is 5.69 Å². The van der Waals surface area contributed by atoms with Crippen LogP contribution in [0.3, 0.4) is 0 Å². The smallest absolute Gasteiger partial charge is 0.332 e. The lowest BCUT2D eigenvalue weighted by molar-refractivity contribution is 0.571. The van der Waals surface area contributed by atoms with Crippen molar-refractivity contribution in [1.82, 2.24) is 24.0 Å². The van der Waals surface area contributed by atoms with Crippen LogP contribution in [0.2, 0.25) is 5.02 Å². The zero-order chi connectivity index (χ0) is 19.1. The third kappa shape index (κ3) is 3.04. The highest BCUT2D eigenvalue weighted by Crippen LogP contribution is 2.22. The number of imidazole rings is 1. The molecule has 0 radical (unpaired) electrons. The van der Waals surface area contributed by atoms with Gasteiger partial charge in [0.25, 0.3) is 5.56 Å². The van der Waals surface area contributed by atoms with E-state index in [1.54, 1.807) is 7.05 Å². The van der Waals surface area contributed by atoms with Gasteiger partial charge < -0.3 is 10.2 Å². The van der Waals surface area contributed by atoms with Gasteiger partial charge in [-0.05, 0) is 17.7 Å². The van der Waals surface area contributed by atoms with Crippen molar-refractivity contribution < 1.29 is 0 Å². The molecule has 1 aliphatic rings. The first-order chi connectivity index (χ1) is 13.0. The first-order valence-electron chi connectivity index (χ1n) is 8.83. The number of benzene rings is 1. The number of hydrogen-bond acceptors (Lipinski definition) is 5. The average Bonchev–Trinajstić information content (AvgIpc) is 3.05. The number of nitrogens with one attached hydrogen (secondary N) is 1. The zero-order valence-electron chi connectivity index (χ0n) is 15.3. The lowest BCUT2D eigenvalue weighted by Gasteiger charge is -2.28. The van der Waals surface area contributed by atoms with Crippen LogP contribution in [0.5, 0.6) is 0 Å². The Bertz CT molecular complexity index is 1120. The summed E-state index contributed by atoms with van der Waals surface area (Å²) in [6.45, 7) is 3.71. The van der Waals surface area contributed by atoms with Gasteiger partial charge in [0, 0.05) is 45.3 Å². The van der Waals surface area contributed by atoms with E-state index < -0.39 is 0 Å². The maximum atomic E-state index is 12.9. The molecule has 0 aliphatic carbocycles. The maximum Gasteiger partial charge on any atom is 0.332 e. The van der Waals surface area contributed by atoms with Gasteiger partial charge in [-0.3, -0.25) is 18.5 Å². The monoisotopic (exact) mass is 388 g/mol. The minimum atomic E-state index is -0.383. The van der Waals surface area contributed by atoms with Crippen LogP contribution in [0.25, 0.3) is 11.2 Å². The molecule has 4 rings (SSSR count). The van der Waals surface area contributed by atoms with Gasteiger partial charge in [-0.2, -0.15) is 4.98 Å². The van der Waals surface area contributed by atoms with Crippen LogP contribution in [0.1, 0.15) is 5.56 Å². The second-order valence-corrected chi connectivity index (χ2v) is 7.18. The van der Waals surface area contributed by atoms with Crippen LogP contribution in [0.4, 0.5) is 5.95 Å². The predicted octanol–water partition coefficient (Wildman–Crippen LogP) is 0.545. The molecule has 0 spiro atoms. The number of halogens is 1. The van der Waals surface area contributed by atoms with Crippen molar-refractivity contribution in [2.24, 2.45) is 14.1 Å². The molecule has 3 aromatic rings. The van der Waals surface area contributed by atoms with Gasteiger partial charge in [0.15, 0.2) is 11.2 Å². The number of piperazine rings is 1. The summed E-state index contributed by atoms with van der Waals surface area (Å²) in [4.78, 5) is 32.1. The molecule has 1 saturated heterocycles. The Morgan fingerprint density at radius 1 is 1.15 bits per heavy atom. The van der Waals surface area contributed by atoms with E-state index in [1.807, 2.05) is 28.8 Å². The van der Waals surface area contributed by atoms with Crippen molar-refractivity contribution in [3.63, 3.8) is 0 Å². The highest BCUT2D eigenvalue weighted by atomic mass is 35.5. The van der Waals surface area contributed by atoms with Gasteiger partial charge in [0.2, 0.25) is 5.95 Å². The summed E-state index contributed by atoms with van der Waals surface area (Å²) >= 11 is 6.14. The molecule has 0 atom stereocenters. The molecule has 0 unspecified atom stereocenters.